The van der Waals surface area contributed by atoms with E-state index < -0.39 is 54.3 Å². The first-order chi connectivity index (χ1) is 20.2. The minimum atomic E-state index is -1.02. The third-order valence-corrected chi connectivity index (χ3v) is 7.21. The van der Waals surface area contributed by atoms with Gasteiger partial charge in [0.15, 0.2) is 0 Å². The van der Waals surface area contributed by atoms with Crippen molar-refractivity contribution in [2.24, 2.45) is 16.7 Å². The molecule has 0 saturated carbocycles. The molecule has 44 heavy (non-hydrogen) atoms. The number of rotatable bonds is 5. The number of cyclic esters (lactones) is 1. The molecule has 244 valence electrons. The van der Waals surface area contributed by atoms with Gasteiger partial charge in [0.1, 0.15) is 24.7 Å². The van der Waals surface area contributed by atoms with E-state index in [1.165, 1.54) is 11.9 Å². The molecule has 1 fully saturated rings. The Morgan fingerprint density at radius 1 is 1.11 bits per heavy atom. The summed E-state index contributed by atoms with van der Waals surface area (Å²) in [6.07, 6.45) is 5.11. The van der Waals surface area contributed by atoms with Crippen molar-refractivity contribution in [3.8, 4) is 0 Å². The fourth-order valence-electron chi connectivity index (χ4n) is 5.21. The Balaban J connectivity index is 2.42. The van der Waals surface area contributed by atoms with Gasteiger partial charge in [-0.2, -0.15) is 0 Å². The first-order valence-corrected chi connectivity index (χ1v) is 15.1. The number of esters is 1. The lowest BCUT2D eigenvalue weighted by Crippen LogP contribution is -2.54. The van der Waals surface area contributed by atoms with Gasteiger partial charge in [-0.25, -0.2) is 0 Å². The molecule has 1 saturated heterocycles. The third kappa shape index (κ3) is 11.4. The van der Waals surface area contributed by atoms with Crippen LogP contribution in [0.15, 0.2) is 41.6 Å². The Hall–Kier alpha value is -3.76. The second-order valence-electron chi connectivity index (χ2n) is 14.3. The second-order valence-corrected chi connectivity index (χ2v) is 14.3. The van der Waals surface area contributed by atoms with Crippen LogP contribution in [0, 0.1) is 16.7 Å². The molecule has 0 bridgehead atoms. The van der Waals surface area contributed by atoms with E-state index >= 15 is 0 Å². The highest BCUT2D eigenvalue weighted by Gasteiger charge is 2.33. The van der Waals surface area contributed by atoms with Crippen molar-refractivity contribution in [3.63, 3.8) is 0 Å². The minimum Gasteiger partial charge on any atom is -0.456 e. The lowest BCUT2D eigenvalue weighted by molar-refractivity contribution is -0.149. The summed E-state index contributed by atoms with van der Waals surface area (Å²) < 4.78 is 7.61. The Bertz CT molecular complexity index is 1300. The molecule has 0 aliphatic carbocycles. The van der Waals surface area contributed by atoms with Crippen molar-refractivity contribution in [1.82, 2.24) is 30.5 Å². The number of amides is 3. The third-order valence-electron chi connectivity index (χ3n) is 7.21. The molecule has 0 radical (unpaired) electrons. The van der Waals surface area contributed by atoms with E-state index in [1.807, 2.05) is 26.8 Å². The van der Waals surface area contributed by atoms with E-state index in [-0.39, 0.29) is 23.7 Å². The lowest BCUT2D eigenvalue weighted by atomic mass is 9.88. The number of ether oxygens (including phenoxy) is 1. The number of aromatic nitrogens is 3. The number of likely N-dealkylation sites (N-methyl/N-ethyl adjacent to an activating group) is 1. The molecular formula is C33H52N6O5. The topological polar surface area (TPSA) is 136 Å². The molecule has 1 aliphatic rings. The Labute approximate surface area is 262 Å². The number of carbonyl (C=O) groups excluding carboxylic acids is 4. The number of allylic oxidation sites excluding steroid dienone is 3. The zero-order chi connectivity index (χ0) is 33.6. The summed E-state index contributed by atoms with van der Waals surface area (Å²) in [5.74, 6) is -2.48. The molecule has 1 aliphatic heterocycles. The zero-order valence-electron chi connectivity index (χ0n) is 28.4. The van der Waals surface area contributed by atoms with Gasteiger partial charge < -0.3 is 20.3 Å². The molecule has 0 spiro atoms. The number of nitrogens with one attached hydrogen (secondary N) is 2. The predicted octanol–water partition coefficient (Wildman–Crippen LogP) is 3.76. The van der Waals surface area contributed by atoms with Crippen molar-refractivity contribution in [2.75, 3.05) is 13.6 Å². The van der Waals surface area contributed by atoms with Crippen LogP contribution in [-0.2, 0) is 36.9 Å². The molecule has 2 heterocycles. The molecular weight excluding hydrogens is 560 g/mol. The quantitative estimate of drug-likeness (QED) is 0.294. The van der Waals surface area contributed by atoms with Gasteiger partial charge in [0.05, 0.1) is 5.69 Å². The maximum Gasteiger partial charge on any atom is 0.326 e. The first kappa shape index (κ1) is 36.4. The smallest absolute Gasteiger partial charge is 0.326 e. The summed E-state index contributed by atoms with van der Waals surface area (Å²) >= 11 is 0. The number of hydrogen-bond acceptors (Lipinski definition) is 7. The van der Waals surface area contributed by atoms with Crippen molar-refractivity contribution < 1.29 is 23.9 Å². The van der Waals surface area contributed by atoms with Crippen molar-refractivity contribution >= 4 is 23.7 Å². The van der Waals surface area contributed by atoms with Crippen molar-refractivity contribution in [1.29, 1.82) is 0 Å². The van der Waals surface area contributed by atoms with Gasteiger partial charge in [-0.1, -0.05) is 83.6 Å². The van der Waals surface area contributed by atoms with Gasteiger partial charge in [0.25, 0.3) is 0 Å². The number of carbonyl (C=O) groups is 4. The van der Waals surface area contributed by atoms with Gasteiger partial charge in [-0.05, 0) is 37.2 Å². The summed E-state index contributed by atoms with van der Waals surface area (Å²) in [6.45, 7) is 24.1. The standard InChI is InChI=1S/C33H52N6O5/c1-20(16-32(6,7)8)13-22(3)29-23(4)21(2)14-27(40)35-24(5)31(43)38(12)26(30(42)34-17-28(41)44-29)15-25-18-39(37-36-25)19-33(9,10)11/h13,16,18,23-24,26,29H,2,14-15,17,19H2,1,3-12H3,(H,34,42)(H,35,40)/b20-16+,22-13+/t23-,24+,26+,29+/m1/s1. The van der Waals surface area contributed by atoms with E-state index in [2.05, 4.69) is 75.1 Å². The molecule has 2 rings (SSSR count). The molecule has 0 unspecified atom stereocenters. The van der Waals surface area contributed by atoms with E-state index in [0.717, 1.165) is 11.1 Å². The van der Waals surface area contributed by atoms with Gasteiger partial charge in [0.2, 0.25) is 17.7 Å². The van der Waals surface area contributed by atoms with E-state index in [0.29, 0.717) is 17.8 Å². The Morgan fingerprint density at radius 2 is 1.75 bits per heavy atom. The van der Waals surface area contributed by atoms with Gasteiger partial charge in [-0.15, -0.1) is 5.10 Å². The molecule has 1 aromatic rings. The molecule has 0 aromatic carbocycles. The van der Waals surface area contributed by atoms with E-state index in [1.54, 1.807) is 17.8 Å². The van der Waals surface area contributed by atoms with Crippen molar-refractivity contribution in [3.05, 3.63) is 47.3 Å². The average Bonchev–Trinajstić information content (AvgIpc) is 3.30. The van der Waals surface area contributed by atoms with Crippen LogP contribution in [0.1, 0.15) is 81.4 Å². The van der Waals surface area contributed by atoms with Crippen LogP contribution in [-0.4, -0.2) is 75.4 Å². The largest absolute Gasteiger partial charge is 0.456 e. The molecule has 11 heteroatoms. The number of hydrogen-bond donors (Lipinski definition) is 2. The molecule has 2 N–H and O–H groups in total. The molecule has 11 nitrogen and oxygen atoms in total. The summed E-state index contributed by atoms with van der Waals surface area (Å²) in [7, 11) is 1.49. The molecule has 4 atom stereocenters. The monoisotopic (exact) mass is 612 g/mol. The molecule has 3 amide bonds. The van der Waals surface area contributed by atoms with E-state index in [9.17, 15) is 19.2 Å². The summed E-state index contributed by atoms with van der Waals surface area (Å²) in [6, 6.07) is -1.93. The Morgan fingerprint density at radius 3 is 2.34 bits per heavy atom. The SMILES string of the molecule is C=C1CC(=O)N[C@@H](C)C(=O)N(C)[C@@H](Cc2cn(CC(C)(C)C)nn2)C(=O)NCC(=O)O[C@@H](/C(C)=C/C(C)=C/C(C)(C)C)[C@@H]1C. The fraction of sp³-hybridized carbons (Fsp3) is 0.636. The van der Waals surface area contributed by atoms with Crippen LogP contribution in [0.5, 0.6) is 0 Å². The predicted molar refractivity (Wildman–Crippen MR) is 170 cm³/mol. The van der Waals surface area contributed by atoms with Gasteiger partial charge in [0, 0.05) is 38.5 Å². The fourth-order valence-corrected chi connectivity index (χ4v) is 5.21. The normalized spacial score (nSPS) is 24.3. The molecule has 1 aromatic heterocycles. The second kappa shape index (κ2) is 14.8. The van der Waals surface area contributed by atoms with Crippen LogP contribution >= 0.6 is 0 Å². The summed E-state index contributed by atoms with van der Waals surface area (Å²) in [5, 5.41) is 13.8. The summed E-state index contributed by atoms with van der Waals surface area (Å²) in [5.41, 5.74) is 2.76. The van der Waals surface area contributed by atoms with Gasteiger partial charge >= 0.3 is 5.97 Å². The summed E-state index contributed by atoms with van der Waals surface area (Å²) in [4.78, 5) is 54.3. The maximum atomic E-state index is 13.5. The zero-order valence-corrected chi connectivity index (χ0v) is 28.4. The van der Waals surface area contributed by atoms with Crippen LogP contribution in [0.2, 0.25) is 0 Å². The van der Waals surface area contributed by atoms with Crippen LogP contribution in [0.25, 0.3) is 0 Å². The Kier molecular flexibility index (Phi) is 12.3. The minimum absolute atomic E-state index is 0.0397. The lowest BCUT2D eigenvalue weighted by Gasteiger charge is -2.29. The number of nitrogens with zero attached hydrogens (tertiary/aromatic N) is 4. The van der Waals surface area contributed by atoms with Crippen LogP contribution in [0.4, 0.5) is 0 Å². The van der Waals surface area contributed by atoms with Crippen LogP contribution < -0.4 is 10.6 Å². The first-order valence-electron chi connectivity index (χ1n) is 15.1. The van der Waals surface area contributed by atoms with E-state index in [4.69, 9.17) is 4.74 Å². The highest BCUT2D eigenvalue weighted by atomic mass is 16.5. The van der Waals surface area contributed by atoms with Crippen LogP contribution in [0.3, 0.4) is 0 Å². The average molecular weight is 613 g/mol. The highest BCUT2D eigenvalue weighted by molar-refractivity contribution is 5.93. The van der Waals surface area contributed by atoms with Crippen molar-refractivity contribution in [2.45, 2.75) is 107 Å². The highest BCUT2D eigenvalue weighted by Crippen LogP contribution is 2.27. The maximum absolute atomic E-state index is 13.5. The van der Waals surface area contributed by atoms with Gasteiger partial charge in [-0.3, -0.25) is 23.9 Å².